The fourth-order valence-corrected chi connectivity index (χ4v) is 2.23. The molecule has 0 aromatic heterocycles. The van der Waals surface area contributed by atoms with Crippen molar-refractivity contribution in [1.29, 1.82) is 0 Å². The zero-order valence-corrected chi connectivity index (χ0v) is 14.0. The topological polar surface area (TPSA) is 57.3 Å². The van der Waals surface area contributed by atoms with E-state index < -0.39 is 5.60 Å². The van der Waals surface area contributed by atoms with Crippen LogP contribution in [0.3, 0.4) is 0 Å². The van der Waals surface area contributed by atoms with Crippen molar-refractivity contribution in [2.45, 2.75) is 45.1 Å². The molecular weight excluding hydrogens is 296 g/mol. The van der Waals surface area contributed by atoms with Crippen LogP contribution in [0.1, 0.15) is 39.5 Å². The lowest BCUT2D eigenvalue weighted by Gasteiger charge is -2.11. The summed E-state index contributed by atoms with van der Waals surface area (Å²) in [7, 11) is 0. The van der Waals surface area contributed by atoms with Crippen molar-refractivity contribution in [3.05, 3.63) is 24.3 Å². The average Bonchev–Trinajstić information content (AvgIpc) is 3.35. The van der Waals surface area contributed by atoms with Crippen molar-refractivity contribution < 1.29 is 23.7 Å². The molecule has 2 rings (SSSR count). The molecule has 0 N–H and O–H groups in total. The maximum atomic E-state index is 11.7. The van der Waals surface area contributed by atoms with E-state index in [2.05, 4.69) is 6.92 Å². The van der Waals surface area contributed by atoms with E-state index in [-0.39, 0.29) is 5.97 Å². The highest BCUT2D eigenvalue weighted by molar-refractivity contribution is 5.82. The van der Waals surface area contributed by atoms with Gasteiger partial charge in [0, 0.05) is 0 Å². The molecule has 5 nitrogen and oxygen atoms in total. The highest BCUT2D eigenvalue weighted by atomic mass is 16.6. The Bertz CT molecular complexity index is 479. The number of carbonyl (C=O) groups is 1. The van der Waals surface area contributed by atoms with Gasteiger partial charge in [0.15, 0.2) is 5.60 Å². The molecule has 0 amide bonds. The van der Waals surface area contributed by atoms with E-state index in [9.17, 15) is 4.79 Å². The highest BCUT2D eigenvalue weighted by Gasteiger charge is 2.53. The van der Waals surface area contributed by atoms with Crippen molar-refractivity contribution in [2.24, 2.45) is 0 Å². The number of ether oxygens (including phenoxy) is 4. The van der Waals surface area contributed by atoms with Crippen LogP contribution < -0.4 is 9.47 Å². The molecule has 0 aliphatic carbocycles. The summed E-state index contributed by atoms with van der Waals surface area (Å²) in [6, 6.07) is 7.62. The van der Waals surface area contributed by atoms with Gasteiger partial charge in [0.05, 0.1) is 26.4 Å². The van der Waals surface area contributed by atoms with Crippen LogP contribution in [0.4, 0.5) is 0 Å². The first-order chi connectivity index (χ1) is 11.2. The first-order valence-corrected chi connectivity index (χ1v) is 8.37. The molecule has 128 valence electrons. The summed E-state index contributed by atoms with van der Waals surface area (Å²) in [5.74, 6) is 1.40. The molecule has 0 radical (unpaired) electrons. The standard InChI is InChI=1S/C18H26O5/c1-3-5-12-21-15-7-9-16(10-8-15)22-13-6-11-18(14-23-18)17(19)20-4-2/h7-10H,3-6,11-14H2,1-2H3. The van der Waals surface area contributed by atoms with Gasteiger partial charge in [-0.25, -0.2) is 4.79 Å². The van der Waals surface area contributed by atoms with E-state index in [0.29, 0.717) is 26.2 Å². The molecule has 1 atom stereocenters. The molecule has 1 aliphatic rings. The van der Waals surface area contributed by atoms with Gasteiger partial charge in [0.2, 0.25) is 0 Å². The van der Waals surface area contributed by atoms with Crippen molar-refractivity contribution >= 4 is 5.97 Å². The Kier molecular flexibility index (Phi) is 6.71. The van der Waals surface area contributed by atoms with Gasteiger partial charge < -0.3 is 18.9 Å². The third-order valence-electron chi connectivity index (χ3n) is 3.72. The Labute approximate surface area is 137 Å². The second-order valence-corrected chi connectivity index (χ2v) is 5.63. The van der Waals surface area contributed by atoms with Crippen LogP contribution in [0.25, 0.3) is 0 Å². The number of esters is 1. The van der Waals surface area contributed by atoms with Crippen molar-refractivity contribution in [1.82, 2.24) is 0 Å². The largest absolute Gasteiger partial charge is 0.494 e. The molecule has 1 aromatic carbocycles. The molecule has 23 heavy (non-hydrogen) atoms. The zero-order valence-electron chi connectivity index (χ0n) is 14.0. The molecule has 5 heteroatoms. The molecule has 0 saturated carbocycles. The van der Waals surface area contributed by atoms with Crippen LogP contribution >= 0.6 is 0 Å². The molecule has 0 bridgehead atoms. The van der Waals surface area contributed by atoms with Crippen molar-refractivity contribution in [3.8, 4) is 11.5 Å². The third kappa shape index (κ3) is 5.43. The molecule has 1 heterocycles. The number of rotatable bonds is 11. The summed E-state index contributed by atoms with van der Waals surface area (Å²) in [5, 5.41) is 0. The first kappa shape index (κ1) is 17.6. The Morgan fingerprint density at radius 1 is 1.09 bits per heavy atom. The summed E-state index contributed by atoms with van der Waals surface area (Å²) in [5.41, 5.74) is -0.712. The zero-order chi connectivity index (χ0) is 16.5. The quantitative estimate of drug-likeness (QED) is 0.355. The van der Waals surface area contributed by atoms with Gasteiger partial charge in [0.25, 0.3) is 0 Å². The lowest BCUT2D eigenvalue weighted by Crippen LogP contribution is -2.27. The fraction of sp³-hybridized carbons (Fsp3) is 0.611. The summed E-state index contributed by atoms with van der Waals surface area (Å²) in [6.45, 7) is 6.06. The predicted molar refractivity (Wildman–Crippen MR) is 86.9 cm³/mol. The molecule has 1 aromatic rings. The monoisotopic (exact) mass is 322 g/mol. The van der Waals surface area contributed by atoms with Crippen molar-refractivity contribution in [2.75, 3.05) is 26.4 Å². The molecular formula is C18H26O5. The van der Waals surface area contributed by atoms with Gasteiger partial charge in [-0.1, -0.05) is 13.3 Å². The fourth-order valence-electron chi connectivity index (χ4n) is 2.23. The second-order valence-electron chi connectivity index (χ2n) is 5.63. The maximum absolute atomic E-state index is 11.7. The Balaban J connectivity index is 1.65. The van der Waals surface area contributed by atoms with Gasteiger partial charge in [-0.3, -0.25) is 0 Å². The first-order valence-electron chi connectivity index (χ1n) is 8.37. The molecule has 1 unspecified atom stereocenters. The normalized spacial score (nSPS) is 19.2. The molecule has 0 spiro atoms. The summed E-state index contributed by atoms with van der Waals surface area (Å²) in [6.07, 6.45) is 3.55. The van der Waals surface area contributed by atoms with E-state index in [1.165, 1.54) is 0 Å². The number of hydrogen-bond donors (Lipinski definition) is 0. The highest BCUT2D eigenvalue weighted by Crippen LogP contribution is 2.33. The number of epoxide rings is 1. The van der Waals surface area contributed by atoms with E-state index in [1.807, 2.05) is 24.3 Å². The summed E-state index contributed by atoms with van der Waals surface area (Å²) < 4.78 is 21.6. The van der Waals surface area contributed by atoms with Gasteiger partial charge in [-0.2, -0.15) is 0 Å². The second kappa shape index (κ2) is 8.77. The predicted octanol–water partition coefficient (Wildman–Crippen LogP) is 3.36. The average molecular weight is 322 g/mol. The van der Waals surface area contributed by atoms with Crippen LogP contribution in [-0.2, 0) is 14.3 Å². The van der Waals surface area contributed by atoms with Crippen LogP contribution in [0.15, 0.2) is 24.3 Å². The Hall–Kier alpha value is -1.75. The van der Waals surface area contributed by atoms with Gasteiger partial charge >= 0.3 is 5.97 Å². The smallest absolute Gasteiger partial charge is 0.340 e. The van der Waals surface area contributed by atoms with Crippen LogP contribution in [0, 0.1) is 0 Å². The van der Waals surface area contributed by atoms with E-state index in [4.69, 9.17) is 18.9 Å². The van der Waals surface area contributed by atoms with E-state index in [0.717, 1.165) is 37.4 Å². The Morgan fingerprint density at radius 2 is 1.65 bits per heavy atom. The van der Waals surface area contributed by atoms with Gasteiger partial charge in [0.1, 0.15) is 11.5 Å². The minimum Gasteiger partial charge on any atom is -0.494 e. The number of unbranched alkanes of at least 4 members (excludes halogenated alkanes) is 1. The lowest BCUT2D eigenvalue weighted by molar-refractivity contribution is -0.149. The minimum absolute atomic E-state index is 0.256. The maximum Gasteiger partial charge on any atom is 0.340 e. The van der Waals surface area contributed by atoms with E-state index in [1.54, 1.807) is 6.92 Å². The molecule has 1 fully saturated rings. The van der Waals surface area contributed by atoms with E-state index >= 15 is 0 Å². The minimum atomic E-state index is -0.712. The summed E-state index contributed by atoms with van der Waals surface area (Å²) >= 11 is 0. The molecule has 1 saturated heterocycles. The number of carbonyl (C=O) groups excluding carboxylic acids is 1. The molecule has 1 aliphatic heterocycles. The van der Waals surface area contributed by atoms with Crippen molar-refractivity contribution in [3.63, 3.8) is 0 Å². The Morgan fingerprint density at radius 3 is 2.13 bits per heavy atom. The van der Waals surface area contributed by atoms with Crippen LogP contribution in [0.5, 0.6) is 11.5 Å². The third-order valence-corrected chi connectivity index (χ3v) is 3.72. The number of hydrogen-bond acceptors (Lipinski definition) is 5. The van der Waals surface area contributed by atoms with Gasteiger partial charge in [-0.15, -0.1) is 0 Å². The van der Waals surface area contributed by atoms with Crippen LogP contribution in [0.2, 0.25) is 0 Å². The lowest BCUT2D eigenvalue weighted by atomic mass is 10.1. The summed E-state index contributed by atoms with van der Waals surface area (Å²) in [4.78, 5) is 11.7. The van der Waals surface area contributed by atoms with Gasteiger partial charge in [-0.05, 0) is 50.5 Å². The van der Waals surface area contributed by atoms with Crippen LogP contribution in [-0.4, -0.2) is 38.0 Å². The number of benzene rings is 1. The SMILES string of the molecule is CCCCOc1ccc(OCCCC2(C(=O)OCC)CO2)cc1.